The fourth-order valence-corrected chi connectivity index (χ4v) is 1.27. The number of carboxylic acid groups (broad SMARTS) is 1. The fraction of sp³-hybridized carbons (Fsp3) is 0.600. The van der Waals surface area contributed by atoms with Crippen molar-refractivity contribution in [3.63, 3.8) is 0 Å². The van der Waals surface area contributed by atoms with Gasteiger partial charge < -0.3 is 15.7 Å². The Hall–Kier alpha value is -1.36. The summed E-state index contributed by atoms with van der Waals surface area (Å²) in [6.07, 6.45) is 2.18. The van der Waals surface area contributed by atoms with Crippen molar-refractivity contribution in [1.29, 1.82) is 0 Å². The molecule has 1 unspecified atom stereocenters. The number of allylic oxidation sites excluding steroid dienone is 1. The minimum Gasteiger partial charge on any atom is -0.480 e. The lowest BCUT2D eigenvalue weighted by atomic mass is 9.95. The topological polar surface area (TPSA) is 83.6 Å². The third kappa shape index (κ3) is 4.60. The normalized spacial score (nSPS) is 14.1. The molecule has 3 N–H and O–H groups in total. The highest BCUT2D eigenvalue weighted by Gasteiger charge is 2.24. The predicted octanol–water partition coefficient (Wildman–Crippen LogP) is 0.0689. The lowest BCUT2D eigenvalue weighted by Gasteiger charge is -2.20. The number of aliphatic carboxylic acids is 1. The quantitative estimate of drug-likeness (QED) is 0.613. The Morgan fingerprint density at radius 3 is 2.40 bits per heavy atom. The first-order chi connectivity index (χ1) is 6.90. The average molecular weight is 214 g/mol. The number of amides is 1. The monoisotopic (exact) mass is 214 g/mol. The first-order valence-corrected chi connectivity index (χ1v) is 4.70. The zero-order valence-electron chi connectivity index (χ0n) is 9.14. The summed E-state index contributed by atoms with van der Waals surface area (Å²) < 4.78 is 0. The lowest BCUT2D eigenvalue weighted by Crippen LogP contribution is -2.37. The number of hydrogen-bond donors (Lipinski definition) is 2. The van der Waals surface area contributed by atoms with Gasteiger partial charge in [0.25, 0.3) is 0 Å². The number of carbonyl (C=O) groups excluding carboxylic acids is 1. The Morgan fingerprint density at radius 2 is 2.07 bits per heavy atom. The summed E-state index contributed by atoms with van der Waals surface area (Å²) in [7, 11) is 3.26. The number of carbonyl (C=O) groups is 2. The maximum absolute atomic E-state index is 11.6. The van der Waals surface area contributed by atoms with E-state index in [9.17, 15) is 9.59 Å². The molecule has 86 valence electrons. The van der Waals surface area contributed by atoms with Crippen LogP contribution in [0.1, 0.15) is 12.8 Å². The second-order valence-corrected chi connectivity index (χ2v) is 3.63. The number of nitrogens with zero attached hydrogens (tertiary/aromatic N) is 1. The van der Waals surface area contributed by atoms with Crippen molar-refractivity contribution in [2.24, 2.45) is 11.7 Å². The molecule has 0 bridgehead atoms. The van der Waals surface area contributed by atoms with Crippen LogP contribution in [-0.4, -0.2) is 42.0 Å². The molecule has 0 aliphatic rings. The van der Waals surface area contributed by atoms with E-state index in [1.165, 1.54) is 4.90 Å². The molecule has 0 saturated carbocycles. The summed E-state index contributed by atoms with van der Waals surface area (Å²) >= 11 is 0. The van der Waals surface area contributed by atoms with Crippen LogP contribution in [0, 0.1) is 5.92 Å². The molecule has 2 atom stereocenters. The largest absolute Gasteiger partial charge is 0.480 e. The lowest BCUT2D eigenvalue weighted by molar-refractivity contribution is -0.139. The molecule has 0 aromatic carbocycles. The molecule has 15 heavy (non-hydrogen) atoms. The van der Waals surface area contributed by atoms with Crippen LogP contribution in [0.15, 0.2) is 12.7 Å². The molecular formula is C10H18N2O3. The summed E-state index contributed by atoms with van der Waals surface area (Å²) in [6.45, 7) is 3.54. The van der Waals surface area contributed by atoms with Gasteiger partial charge in [0, 0.05) is 20.0 Å². The van der Waals surface area contributed by atoms with E-state index < -0.39 is 17.9 Å². The van der Waals surface area contributed by atoms with Crippen LogP contribution in [0.2, 0.25) is 0 Å². The van der Waals surface area contributed by atoms with Crippen molar-refractivity contribution in [2.45, 2.75) is 18.9 Å². The third-order valence-electron chi connectivity index (χ3n) is 2.10. The molecule has 0 heterocycles. The van der Waals surface area contributed by atoms with E-state index in [0.717, 1.165) is 0 Å². The van der Waals surface area contributed by atoms with Crippen LogP contribution < -0.4 is 5.73 Å². The minimum absolute atomic E-state index is 0.119. The highest BCUT2D eigenvalue weighted by Crippen LogP contribution is 2.13. The van der Waals surface area contributed by atoms with Gasteiger partial charge in [0.05, 0.1) is 0 Å². The van der Waals surface area contributed by atoms with Gasteiger partial charge in [0.15, 0.2) is 0 Å². The average Bonchev–Trinajstić information content (AvgIpc) is 2.15. The van der Waals surface area contributed by atoms with Crippen molar-refractivity contribution in [2.75, 3.05) is 14.1 Å². The number of rotatable bonds is 6. The maximum atomic E-state index is 11.6. The fourth-order valence-electron chi connectivity index (χ4n) is 1.27. The highest BCUT2D eigenvalue weighted by atomic mass is 16.4. The van der Waals surface area contributed by atoms with Crippen LogP contribution in [0.3, 0.4) is 0 Å². The summed E-state index contributed by atoms with van der Waals surface area (Å²) in [5.41, 5.74) is 5.38. The Balaban J connectivity index is 4.46. The number of hydrogen-bond acceptors (Lipinski definition) is 3. The van der Waals surface area contributed by atoms with Crippen molar-refractivity contribution in [3.8, 4) is 0 Å². The molecule has 0 rings (SSSR count). The molecule has 1 amide bonds. The Labute approximate surface area is 89.6 Å². The van der Waals surface area contributed by atoms with Crippen LogP contribution in [0.4, 0.5) is 0 Å². The van der Waals surface area contributed by atoms with Gasteiger partial charge >= 0.3 is 5.97 Å². The van der Waals surface area contributed by atoms with Gasteiger partial charge in [-0.15, -0.1) is 6.58 Å². The molecule has 5 heteroatoms. The second kappa shape index (κ2) is 6.19. The van der Waals surface area contributed by atoms with Crippen LogP contribution in [0.25, 0.3) is 0 Å². The van der Waals surface area contributed by atoms with Crippen LogP contribution in [-0.2, 0) is 9.59 Å². The van der Waals surface area contributed by atoms with E-state index in [1.54, 1.807) is 20.2 Å². The van der Waals surface area contributed by atoms with Gasteiger partial charge in [-0.3, -0.25) is 9.59 Å². The highest BCUT2D eigenvalue weighted by molar-refractivity contribution is 5.80. The summed E-state index contributed by atoms with van der Waals surface area (Å²) in [5, 5.41) is 8.64. The SMILES string of the molecule is C=CCC(C[C@H](N)C(=O)O)C(=O)N(C)C. The first-order valence-electron chi connectivity index (χ1n) is 4.70. The van der Waals surface area contributed by atoms with Crippen LogP contribution in [0.5, 0.6) is 0 Å². The van der Waals surface area contributed by atoms with E-state index >= 15 is 0 Å². The minimum atomic E-state index is -1.09. The zero-order chi connectivity index (χ0) is 12.0. The first kappa shape index (κ1) is 13.6. The number of carboxylic acids is 1. The van der Waals surface area contributed by atoms with Crippen molar-refractivity contribution < 1.29 is 14.7 Å². The molecule has 0 saturated heterocycles. The van der Waals surface area contributed by atoms with E-state index in [4.69, 9.17) is 10.8 Å². The van der Waals surface area contributed by atoms with Gasteiger partial charge in [-0.1, -0.05) is 6.08 Å². The van der Waals surface area contributed by atoms with Gasteiger partial charge in [-0.2, -0.15) is 0 Å². The van der Waals surface area contributed by atoms with E-state index in [0.29, 0.717) is 6.42 Å². The van der Waals surface area contributed by atoms with Crippen molar-refractivity contribution >= 4 is 11.9 Å². The molecule has 0 fully saturated rings. The molecule has 0 aromatic rings. The van der Waals surface area contributed by atoms with Crippen molar-refractivity contribution in [3.05, 3.63) is 12.7 Å². The second-order valence-electron chi connectivity index (χ2n) is 3.63. The van der Waals surface area contributed by atoms with Gasteiger partial charge in [0.1, 0.15) is 6.04 Å². The summed E-state index contributed by atoms with van der Waals surface area (Å²) in [5.74, 6) is -1.61. The Kier molecular flexibility index (Phi) is 5.62. The van der Waals surface area contributed by atoms with Gasteiger partial charge in [-0.05, 0) is 12.8 Å². The molecule has 0 aromatic heterocycles. The van der Waals surface area contributed by atoms with E-state index in [-0.39, 0.29) is 12.3 Å². The number of nitrogens with two attached hydrogens (primary N) is 1. The molecule has 0 aliphatic carbocycles. The van der Waals surface area contributed by atoms with Crippen LogP contribution >= 0.6 is 0 Å². The third-order valence-corrected chi connectivity index (χ3v) is 2.10. The van der Waals surface area contributed by atoms with E-state index in [2.05, 4.69) is 6.58 Å². The summed E-state index contributed by atoms with van der Waals surface area (Å²) in [4.78, 5) is 23.6. The van der Waals surface area contributed by atoms with Crippen molar-refractivity contribution in [1.82, 2.24) is 4.90 Å². The Morgan fingerprint density at radius 1 is 1.53 bits per heavy atom. The molecule has 0 radical (unpaired) electrons. The Bertz CT molecular complexity index is 251. The predicted molar refractivity (Wildman–Crippen MR) is 57.2 cm³/mol. The maximum Gasteiger partial charge on any atom is 0.320 e. The molecular weight excluding hydrogens is 196 g/mol. The van der Waals surface area contributed by atoms with Gasteiger partial charge in [-0.25, -0.2) is 0 Å². The standard InChI is InChI=1S/C10H18N2O3/c1-4-5-7(9(13)12(2)3)6-8(11)10(14)15/h4,7-8H,1,5-6,11H2,2-3H3,(H,14,15)/t7?,8-/m0/s1. The zero-order valence-corrected chi connectivity index (χ0v) is 9.14. The summed E-state index contributed by atoms with van der Waals surface area (Å²) in [6, 6.07) is -1.00. The molecule has 0 spiro atoms. The van der Waals surface area contributed by atoms with E-state index in [1.807, 2.05) is 0 Å². The molecule has 0 aliphatic heterocycles. The van der Waals surface area contributed by atoms with Gasteiger partial charge in [0.2, 0.25) is 5.91 Å². The molecule has 5 nitrogen and oxygen atoms in total. The smallest absolute Gasteiger partial charge is 0.320 e.